The molecule has 0 bridgehead atoms. The van der Waals surface area contributed by atoms with E-state index in [2.05, 4.69) is 15.9 Å². The molecule has 1 atom stereocenters. The number of nitro groups is 1. The number of furan rings is 1. The summed E-state index contributed by atoms with van der Waals surface area (Å²) in [4.78, 5) is 14.4. The van der Waals surface area contributed by atoms with E-state index in [0.717, 1.165) is 32.6 Å². The Morgan fingerprint density at radius 2 is 2.15 bits per heavy atom. The monoisotopic (exact) mass is 278 g/mol. The fourth-order valence-electron chi connectivity index (χ4n) is 2.43. The zero-order valence-corrected chi connectivity index (χ0v) is 11.5. The SMILES string of the molecule is CCC(C#N)N1CCN(Cc2ccc([N+](=O)[O-])o2)CC1. The smallest absolute Gasteiger partial charge is 0.404 e. The van der Waals surface area contributed by atoms with Crippen molar-refractivity contribution in [1.29, 1.82) is 5.26 Å². The average molecular weight is 278 g/mol. The van der Waals surface area contributed by atoms with Crippen LogP contribution in [0.3, 0.4) is 0 Å². The second-order valence-electron chi connectivity index (χ2n) is 4.86. The van der Waals surface area contributed by atoms with Crippen molar-refractivity contribution in [1.82, 2.24) is 9.80 Å². The van der Waals surface area contributed by atoms with Crippen molar-refractivity contribution in [2.75, 3.05) is 26.2 Å². The highest BCUT2D eigenvalue weighted by molar-refractivity contribution is 5.17. The first-order valence-electron chi connectivity index (χ1n) is 6.73. The van der Waals surface area contributed by atoms with Crippen LogP contribution in [0.1, 0.15) is 19.1 Å². The van der Waals surface area contributed by atoms with Crippen LogP contribution in [0, 0.1) is 21.4 Å². The third kappa shape index (κ3) is 3.35. The molecule has 0 aliphatic carbocycles. The second kappa shape index (κ2) is 6.50. The maximum absolute atomic E-state index is 10.6. The molecule has 1 aromatic rings. The van der Waals surface area contributed by atoms with Gasteiger partial charge in [-0.15, -0.1) is 0 Å². The lowest BCUT2D eigenvalue weighted by molar-refractivity contribution is -0.402. The van der Waals surface area contributed by atoms with E-state index in [1.165, 1.54) is 6.07 Å². The van der Waals surface area contributed by atoms with Gasteiger partial charge in [0, 0.05) is 26.2 Å². The van der Waals surface area contributed by atoms with Gasteiger partial charge in [0.25, 0.3) is 0 Å². The fraction of sp³-hybridized carbons (Fsp3) is 0.615. The lowest BCUT2D eigenvalue weighted by Crippen LogP contribution is -2.49. The molecule has 1 fully saturated rings. The summed E-state index contributed by atoms with van der Waals surface area (Å²) < 4.78 is 5.16. The number of nitrogens with zero attached hydrogens (tertiary/aromatic N) is 4. The summed E-state index contributed by atoms with van der Waals surface area (Å²) in [5.74, 6) is 0.395. The molecular weight excluding hydrogens is 260 g/mol. The highest BCUT2D eigenvalue weighted by atomic mass is 16.6. The van der Waals surface area contributed by atoms with Crippen LogP contribution in [-0.2, 0) is 6.54 Å². The summed E-state index contributed by atoms with van der Waals surface area (Å²) in [6.07, 6.45) is 0.834. The Bertz CT molecular complexity index is 500. The molecule has 0 saturated carbocycles. The number of rotatable bonds is 5. The molecule has 0 amide bonds. The molecule has 2 heterocycles. The van der Waals surface area contributed by atoms with Gasteiger partial charge in [-0.25, -0.2) is 0 Å². The predicted octanol–water partition coefficient (Wildman–Crippen LogP) is 1.61. The Labute approximate surface area is 117 Å². The first kappa shape index (κ1) is 14.5. The number of hydrogen-bond donors (Lipinski definition) is 0. The van der Waals surface area contributed by atoms with Crippen molar-refractivity contribution >= 4 is 5.88 Å². The molecule has 1 unspecified atom stereocenters. The lowest BCUT2D eigenvalue weighted by atomic mass is 10.2. The molecule has 7 nitrogen and oxygen atoms in total. The van der Waals surface area contributed by atoms with Crippen LogP contribution in [0.15, 0.2) is 16.5 Å². The van der Waals surface area contributed by atoms with Crippen molar-refractivity contribution in [2.24, 2.45) is 0 Å². The van der Waals surface area contributed by atoms with Crippen LogP contribution < -0.4 is 0 Å². The van der Waals surface area contributed by atoms with Crippen LogP contribution in [0.4, 0.5) is 5.88 Å². The largest absolute Gasteiger partial charge is 0.433 e. The molecule has 0 N–H and O–H groups in total. The van der Waals surface area contributed by atoms with E-state index in [9.17, 15) is 10.1 Å². The van der Waals surface area contributed by atoms with Crippen molar-refractivity contribution in [3.63, 3.8) is 0 Å². The first-order chi connectivity index (χ1) is 9.63. The van der Waals surface area contributed by atoms with Crippen LogP contribution in [0.5, 0.6) is 0 Å². The topological polar surface area (TPSA) is 86.5 Å². The van der Waals surface area contributed by atoms with E-state index >= 15 is 0 Å². The molecule has 0 radical (unpaired) electrons. The molecule has 2 rings (SSSR count). The average Bonchev–Trinajstić information content (AvgIpc) is 2.91. The van der Waals surface area contributed by atoms with E-state index in [1.54, 1.807) is 6.07 Å². The third-order valence-corrected chi connectivity index (χ3v) is 3.59. The Kier molecular flexibility index (Phi) is 4.71. The quantitative estimate of drug-likeness (QED) is 0.600. The molecule has 7 heteroatoms. The van der Waals surface area contributed by atoms with Gasteiger partial charge in [-0.1, -0.05) is 6.92 Å². The molecule has 1 saturated heterocycles. The van der Waals surface area contributed by atoms with E-state index < -0.39 is 4.92 Å². The maximum atomic E-state index is 10.6. The van der Waals surface area contributed by atoms with Gasteiger partial charge < -0.3 is 4.42 Å². The normalized spacial score (nSPS) is 18.6. The standard InChI is InChI=1S/C13H18N4O3/c1-2-11(9-14)16-7-5-15(6-8-16)10-12-3-4-13(20-12)17(18)19/h3-4,11H,2,5-8,10H2,1H3. The van der Waals surface area contributed by atoms with Gasteiger partial charge >= 0.3 is 5.88 Å². The molecule has 1 aliphatic rings. The summed E-state index contributed by atoms with van der Waals surface area (Å²) in [5, 5.41) is 19.6. The predicted molar refractivity (Wildman–Crippen MR) is 71.9 cm³/mol. The van der Waals surface area contributed by atoms with Crippen LogP contribution in [-0.4, -0.2) is 46.9 Å². The molecule has 0 aromatic carbocycles. The second-order valence-corrected chi connectivity index (χ2v) is 4.86. The number of hydrogen-bond acceptors (Lipinski definition) is 6. The minimum absolute atomic E-state index is 0.0122. The summed E-state index contributed by atoms with van der Waals surface area (Å²) in [7, 11) is 0. The maximum Gasteiger partial charge on any atom is 0.433 e. The van der Waals surface area contributed by atoms with Crippen molar-refractivity contribution in [3.8, 4) is 6.07 Å². The highest BCUT2D eigenvalue weighted by Gasteiger charge is 2.23. The summed E-state index contributed by atoms with van der Waals surface area (Å²) >= 11 is 0. The number of nitriles is 1. The lowest BCUT2D eigenvalue weighted by Gasteiger charge is -2.36. The molecule has 20 heavy (non-hydrogen) atoms. The van der Waals surface area contributed by atoms with Gasteiger partial charge in [0.2, 0.25) is 0 Å². The van der Waals surface area contributed by atoms with Gasteiger partial charge in [-0.3, -0.25) is 19.9 Å². The molecule has 1 aromatic heterocycles. The summed E-state index contributed by atoms with van der Waals surface area (Å²) in [6.45, 7) is 5.95. The molecule has 108 valence electrons. The van der Waals surface area contributed by atoms with Crippen LogP contribution in [0.2, 0.25) is 0 Å². The van der Waals surface area contributed by atoms with Gasteiger partial charge in [0.15, 0.2) is 0 Å². The van der Waals surface area contributed by atoms with Gasteiger partial charge in [-0.05, 0) is 12.5 Å². The Morgan fingerprint density at radius 1 is 1.45 bits per heavy atom. The van der Waals surface area contributed by atoms with E-state index in [0.29, 0.717) is 12.3 Å². The minimum Gasteiger partial charge on any atom is -0.404 e. The zero-order chi connectivity index (χ0) is 14.5. The summed E-state index contributed by atoms with van der Waals surface area (Å²) in [5.41, 5.74) is 0. The van der Waals surface area contributed by atoms with E-state index in [-0.39, 0.29) is 11.9 Å². The van der Waals surface area contributed by atoms with Crippen molar-refractivity contribution < 1.29 is 9.34 Å². The van der Waals surface area contributed by atoms with E-state index in [4.69, 9.17) is 9.68 Å². The molecular formula is C13H18N4O3. The Balaban J connectivity index is 1.85. The van der Waals surface area contributed by atoms with Crippen LogP contribution in [0.25, 0.3) is 0 Å². The molecule has 1 aliphatic heterocycles. The Hall–Kier alpha value is -1.91. The van der Waals surface area contributed by atoms with Gasteiger partial charge in [0.05, 0.1) is 24.7 Å². The fourth-order valence-corrected chi connectivity index (χ4v) is 2.43. The summed E-state index contributed by atoms with van der Waals surface area (Å²) in [6, 6.07) is 5.33. The minimum atomic E-state index is -0.528. The number of piperazine rings is 1. The van der Waals surface area contributed by atoms with Crippen molar-refractivity contribution in [3.05, 3.63) is 28.0 Å². The highest BCUT2D eigenvalue weighted by Crippen LogP contribution is 2.18. The third-order valence-electron chi connectivity index (χ3n) is 3.59. The van der Waals surface area contributed by atoms with Crippen LogP contribution >= 0.6 is 0 Å². The van der Waals surface area contributed by atoms with Gasteiger partial charge in [0.1, 0.15) is 10.7 Å². The van der Waals surface area contributed by atoms with Crippen molar-refractivity contribution in [2.45, 2.75) is 25.9 Å². The first-order valence-corrected chi connectivity index (χ1v) is 6.73. The molecule has 0 spiro atoms. The zero-order valence-electron chi connectivity index (χ0n) is 11.5. The Morgan fingerprint density at radius 3 is 2.65 bits per heavy atom. The van der Waals surface area contributed by atoms with Gasteiger partial charge in [-0.2, -0.15) is 5.26 Å². The van der Waals surface area contributed by atoms with E-state index in [1.807, 2.05) is 6.92 Å².